The van der Waals surface area contributed by atoms with Gasteiger partial charge in [0.2, 0.25) is 0 Å². The average molecular weight is 270 g/mol. The number of carbonyl (C=O) groups excluding carboxylic acids is 2. The summed E-state index contributed by atoms with van der Waals surface area (Å²) in [6.45, 7) is 1.62. The highest BCUT2D eigenvalue weighted by atomic mass is 16.6. The second-order valence-corrected chi connectivity index (χ2v) is 4.17. The van der Waals surface area contributed by atoms with Crippen molar-refractivity contribution in [2.75, 3.05) is 0 Å². The Labute approximate surface area is 114 Å². The number of benzene rings is 1. The number of hydrogen-bond donors (Lipinski definition) is 0. The van der Waals surface area contributed by atoms with E-state index in [0.29, 0.717) is 11.3 Å². The lowest BCUT2D eigenvalue weighted by Gasteiger charge is -2.03. The quantitative estimate of drug-likeness (QED) is 0.468. The van der Waals surface area contributed by atoms with Crippen molar-refractivity contribution in [3.63, 3.8) is 0 Å². The van der Waals surface area contributed by atoms with Gasteiger partial charge in [0.05, 0.1) is 10.6 Å². The predicted octanol–water partition coefficient (Wildman–Crippen LogP) is 2.26. The highest BCUT2D eigenvalue weighted by Gasteiger charge is 2.12. The van der Waals surface area contributed by atoms with Gasteiger partial charge in [-0.25, -0.2) is 4.99 Å². The van der Waals surface area contributed by atoms with E-state index in [1.807, 2.05) is 0 Å². The molecule has 6 nitrogen and oxygen atoms in total. The van der Waals surface area contributed by atoms with Gasteiger partial charge in [-0.05, 0) is 36.8 Å². The molecule has 0 unspecified atom stereocenters. The Hall–Kier alpha value is -2.89. The van der Waals surface area contributed by atoms with E-state index in [-0.39, 0.29) is 17.0 Å². The van der Waals surface area contributed by atoms with Gasteiger partial charge in [0, 0.05) is 17.7 Å². The summed E-state index contributed by atoms with van der Waals surface area (Å²) in [4.78, 5) is 37.1. The molecule has 1 aromatic rings. The summed E-state index contributed by atoms with van der Waals surface area (Å²) in [6, 6.07) is 5.34. The number of allylic oxidation sites excluding steroid dienone is 4. The van der Waals surface area contributed by atoms with Crippen LogP contribution in [0, 0.1) is 10.1 Å². The molecule has 0 saturated carbocycles. The Morgan fingerprint density at radius 3 is 2.70 bits per heavy atom. The molecule has 100 valence electrons. The Morgan fingerprint density at radius 2 is 2.05 bits per heavy atom. The number of rotatable bonds is 2. The fourth-order valence-corrected chi connectivity index (χ4v) is 1.64. The van der Waals surface area contributed by atoms with Gasteiger partial charge in [0.1, 0.15) is 0 Å². The molecule has 1 amide bonds. The van der Waals surface area contributed by atoms with Gasteiger partial charge < -0.3 is 0 Å². The van der Waals surface area contributed by atoms with Crippen LogP contribution in [-0.2, 0) is 4.79 Å². The third-order valence-corrected chi connectivity index (χ3v) is 2.69. The van der Waals surface area contributed by atoms with E-state index in [1.165, 1.54) is 42.5 Å². The fraction of sp³-hybridized carbons (Fsp3) is 0.0714. The van der Waals surface area contributed by atoms with Crippen LogP contribution in [0.25, 0.3) is 0 Å². The van der Waals surface area contributed by atoms with Gasteiger partial charge in [-0.1, -0.05) is 6.07 Å². The normalized spacial score (nSPS) is 16.1. The number of aliphatic imine (C=N–C) groups is 1. The Kier molecular flexibility index (Phi) is 3.65. The van der Waals surface area contributed by atoms with E-state index in [2.05, 4.69) is 4.99 Å². The second kappa shape index (κ2) is 5.40. The van der Waals surface area contributed by atoms with Crippen molar-refractivity contribution in [3.8, 4) is 0 Å². The molecule has 0 atom stereocenters. The van der Waals surface area contributed by atoms with Gasteiger partial charge in [-0.3, -0.25) is 19.7 Å². The highest BCUT2D eigenvalue weighted by Crippen LogP contribution is 2.14. The number of carbonyl (C=O) groups is 2. The summed E-state index contributed by atoms with van der Waals surface area (Å²) in [5, 5.41) is 10.6. The van der Waals surface area contributed by atoms with Crippen LogP contribution in [0.3, 0.4) is 0 Å². The smallest absolute Gasteiger partial charge is 0.277 e. The van der Waals surface area contributed by atoms with Crippen LogP contribution in [0.4, 0.5) is 5.69 Å². The van der Waals surface area contributed by atoms with Crippen molar-refractivity contribution < 1.29 is 14.5 Å². The molecule has 0 N–H and O–H groups in total. The molecule has 0 aliphatic heterocycles. The van der Waals surface area contributed by atoms with E-state index in [0.717, 1.165) is 0 Å². The molecule has 0 aromatic heterocycles. The summed E-state index contributed by atoms with van der Waals surface area (Å²) in [6.07, 6.45) is 4.26. The Balaban J connectivity index is 2.29. The van der Waals surface area contributed by atoms with Crippen LogP contribution in [0.5, 0.6) is 0 Å². The van der Waals surface area contributed by atoms with Crippen LogP contribution < -0.4 is 0 Å². The Bertz CT molecular complexity index is 699. The molecule has 1 aliphatic carbocycles. The van der Waals surface area contributed by atoms with E-state index >= 15 is 0 Å². The molecule has 0 fully saturated rings. The lowest BCUT2D eigenvalue weighted by atomic mass is 10.1. The van der Waals surface area contributed by atoms with Crippen molar-refractivity contribution >= 4 is 23.1 Å². The maximum absolute atomic E-state index is 11.9. The van der Waals surface area contributed by atoms with Crippen LogP contribution >= 0.6 is 0 Å². The van der Waals surface area contributed by atoms with Crippen LogP contribution in [-0.4, -0.2) is 22.3 Å². The van der Waals surface area contributed by atoms with Crippen molar-refractivity contribution in [3.05, 3.63) is 63.7 Å². The van der Waals surface area contributed by atoms with E-state index in [4.69, 9.17) is 0 Å². The first-order valence-electron chi connectivity index (χ1n) is 5.75. The van der Waals surface area contributed by atoms with Crippen LogP contribution in [0.2, 0.25) is 0 Å². The van der Waals surface area contributed by atoms with Crippen molar-refractivity contribution in [1.82, 2.24) is 0 Å². The fourth-order valence-electron chi connectivity index (χ4n) is 1.64. The first-order chi connectivity index (χ1) is 9.47. The molecule has 0 spiro atoms. The lowest BCUT2D eigenvalue weighted by Crippen LogP contribution is -2.07. The Morgan fingerprint density at radius 1 is 1.30 bits per heavy atom. The van der Waals surface area contributed by atoms with Crippen molar-refractivity contribution in [2.24, 2.45) is 4.99 Å². The predicted molar refractivity (Wildman–Crippen MR) is 72.8 cm³/mol. The van der Waals surface area contributed by atoms with Crippen LogP contribution in [0.1, 0.15) is 17.3 Å². The van der Waals surface area contributed by atoms with E-state index in [9.17, 15) is 19.7 Å². The largest absolute Gasteiger partial charge is 0.290 e. The average Bonchev–Trinajstić information content (AvgIpc) is 2.43. The standard InChI is InChI=1S/C14H10N2O4/c1-9-7-11(5-6-13(9)17)15-14(18)10-3-2-4-12(8-10)16(19)20/h2-8H,1H3. The summed E-state index contributed by atoms with van der Waals surface area (Å²) in [5.41, 5.74) is 0.789. The molecule has 0 radical (unpaired) electrons. The maximum Gasteiger partial charge on any atom is 0.277 e. The number of hydrogen-bond acceptors (Lipinski definition) is 4. The summed E-state index contributed by atoms with van der Waals surface area (Å²) in [7, 11) is 0. The second-order valence-electron chi connectivity index (χ2n) is 4.17. The third kappa shape index (κ3) is 2.92. The zero-order chi connectivity index (χ0) is 14.7. The number of nitro groups is 1. The first kappa shape index (κ1) is 13.5. The minimum atomic E-state index is -0.591. The van der Waals surface area contributed by atoms with Crippen molar-refractivity contribution in [2.45, 2.75) is 6.92 Å². The first-order valence-corrected chi connectivity index (χ1v) is 5.75. The summed E-state index contributed by atoms with van der Waals surface area (Å²) >= 11 is 0. The van der Waals surface area contributed by atoms with Gasteiger partial charge in [0.25, 0.3) is 11.6 Å². The molecule has 6 heteroatoms. The molecule has 20 heavy (non-hydrogen) atoms. The maximum atomic E-state index is 11.9. The number of nitrogens with zero attached hydrogens (tertiary/aromatic N) is 2. The minimum absolute atomic E-state index is 0.128. The van der Waals surface area contributed by atoms with E-state index < -0.39 is 10.8 Å². The molecule has 0 heterocycles. The van der Waals surface area contributed by atoms with Crippen LogP contribution in [0.15, 0.2) is 53.1 Å². The molecule has 0 saturated heterocycles. The lowest BCUT2D eigenvalue weighted by molar-refractivity contribution is -0.384. The highest BCUT2D eigenvalue weighted by molar-refractivity contribution is 6.21. The zero-order valence-corrected chi connectivity index (χ0v) is 10.6. The summed E-state index contributed by atoms with van der Waals surface area (Å²) < 4.78 is 0. The van der Waals surface area contributed by atoms with Gasteiger partial charge in [-0.2, -0.15) is 0 Å². The third-order valence-electron chi connectivity index (χ3n) is 2.69. The monoisotopic (exact) mass is 270 g/mol. The number of ketones is 1. The van der Waals surface area contributed by atoms with Gasteiger partial charge in [0.15, 0.2) is 5.78 Å². The van der Waals surface area contributed by atoms with Crippen molar-refractivity contribution in [1.29, 1.82) is 0 Å². The SMILES string of the molecule is CC1=CC(=NC(=O)c2cccc([N+](=O)[O-])c2)C=CC1=O. The molecular formula is C14H10N2O4. The topological polar surface area (TPSA) is 89.6 Å². The molecule has 1 aromatic carbocycles. The minimum Gasteiger partial charge on any atom is -0.290 e. The number of nitro benzene ring substituents is 1. The number of non-ortho nitro benzene ring substituents is 1. The molecular weight excluding hydrogens is 260 g/mol. The van der Waals surface area contributed by atoms with E-state index in [1.54, 1.807) is 6.92 Å². The summed E-state index contributed by atoms with van der Waals surface area (Å²) in [5.74, 6) is -0.724. The molecule has 0 bridgehead atoms. The van der Waals surface area contributed by atoms with Gasteiger partial charge in [-0.15, -0.1) is 0 Å². The number of amides is 1. The molecule has 2 rings (SSSR count). The molecule has 1 aliphatic rings. The zero-order valence-electron chi connectivity index (χ0n) is 10.6. The van der Waals surface area contributed by atoms with Gasteiger partial charge >= 0.3 is 0 Å².